The molecule has 2 aromatic rings. The van der Waals surface area contributed by atoms with Gasteiger partial charge < -0.3 is 15.2 Å². The predicted molar refractivity (Wildman–Crippen MR) is 80.0 cm³/mol. The first kappa shape index (κ1) is 16.1. The number of hydrogen-bond acceptors (Lipinski definition) is 4. The maximum atomic E-state index is 13.7. The van der Waals surface area contributed by atoms with Crippen LogP contribution in [0.2, 0.25) is 0 Å². The number of benzene rings is 1. The molecule has 0 spiro atoms. The average Bonchev–Trinajstić information content (AvgIpc) is 3.02. The summed E-state index contributed by atoms with van der Waals surface area (Å²) in [5.74, 6) is -2.35. The van der Waals surface area contributed by atoms with E-state index in [0.29, 0.717) is 6.42 Å². The third-order valence-electron chi connectivity index (χ3n) is 3.78. The van der Waals surface area contributed by atoms with Crippen molar-refractivity contribution in [3.63, 3.8) is 0 Å². The van der Waals surface area contributed by atoms with E-state index in [4.69, 9.17) is 4.52 Å². The van der Waals surface area contributed by atoms with Crippen LogP contribution in [0.25, 0.3) is 11.3 Å². The molecule has 0 unspecified atom stereocenters. The number of rotatable bonds is 4. The lowest BCUT2D eigenvalue weighted by Gasteiger charge is -2.23. The highest BCUT2D eigenvalue weighted by molar-refractivity contribution is 5.92. The van der Waals surface area contributed by atoms with Gasteiger partial charge in [-0.05, 0) is 25.0 Å². The van der Waals surface area contributed by atoms with Crippen LogP contribution in [0.4, 0.5) is 8.78 Å². The molecule has 1 aliphatic heterocycles. The number of nitrogens with one attached hydrogen (secondary N) is 2. The Hall–Kier alpha value is -2.77. The van der Waals surface area contributed by atoms with Crippen LogP contribution in [0.5, 0.6) is 0 Å². The molecule has 0 bridgehead atoms. The van der Waals surface area contributed by atoms with Crippen LogP contribution in [0.1, 0.15) is 29.8 Å². The smallest absolute Gasteiger partial charge is 0.289 e. The standard InChI is InChI=1S/C16H15F2N3O3/c17-10-4-2-5-11(18)15(10)12-7-13(24-21-12)16(23)19-8-9-3-1-6-14(22)20-9/h2,4-5,7,9H,1,3,6,8H2,(H,19,23)(H,20,22)/t9-/m1/s1. The van der Waals surface area contributed by atoms with E-state index in [9.17, 15) is 18.4 Å². The average molecular weight is 335 g/mol. The molecule has 0 saturated carbocycles. The van der Waals surface area contributed by atoms with Gasteiger partial charge in [0.1, 0.15) is 17.3 Å². The van der Waals surface area contributed by atoms with Crippen LogP contribution < -0.4 is 10.6 Å². The van der Waals surface area contributed by atoms with E-state index < -0.39 is 17.5 Å². The van der Waals surface area contributed by atoms with Gasteiger partial charge in [0, 0.05) is 25.1 Å². The predicted octanol–water partition coefficient (Wildman–Crippen LogP) is 2.02. The van der Waals surface area contributed by atoms with Crippen molar-refractivity contribution in [1.29, 1.82) is 0 Å². The van der Waals surface area contributed by atoms with Crippen molar-refractivity contribution in [3.05, 3.63) is 41.7 Å². The minimum absolute atomic E-state index is 0.0440. The van der Waals surface area contributed by atoms with E-state index in [2.05, 4.69) is 15.8 Å². The Morgan fingerprint density at radius 1 is 1.38 bits per heavy atom. The van der Waals surface area contributed by atoms with Crippen LogP contribution in [0.15, 0.2) is 28.8 Å². The molecule has 1 aliphatic rings. The normalized spacial score (nSPS) is 17.4. The summed E-state index contributed by atoms with van der Waals surface area (Å²) in [6.07, 6.45) is 2.03. The van der Waals surface area contributed by atoms with Crippen molar-refractivity contribution >= 4 is 11.8 Å². The van der Waals surface area contributed by atoms with E-state index >= 15 is 0 Å². The van der Waals surface area contributed by atoms with Gasteiger partial charge in [-0.3, -0.25) is 9.59 Å². The summed E-state index contributed by atoms with van der Waals surface area (Å²) in [4.78, 5) is 23.3. The Bertz CT molecular complexity index is 755. The van der Waals surface area contributed by atoms with Crippen LogP contribution in [-0.4, -0.2) is 29.6 Å². The van der Waals surface area contributed by atoms with Crippen molar-refractivity contribution in [2.75, 3.05) is 6.54 Å². The fourth-order valence-electron chi connectivity index (χ4n) is 2.58. The maximum Gasteiger partial charge on any atom is 0.289 e. The molecule has 2 N–H and O–H groups in total. The molecule has 126 valence electrons. The molecule has 3 rings (SSSR count). The van der Waals surface area contributed by atoms with Crippen molar-refractivity contribution < 1.29 is 22.9 Å². The molecule has 1 atom stereocenters. The molecule has 1 aromatic heterocycles. The van der Waals surface area contributed by atoms with E-state index in [0.717, 1.165) is 25.0 Å². The first-order valence-electron chi connectivity index (χ1n) is 7.53. The van der Waals surface area contributed by atoms with Gasteiger partial charge in [-0.15, -0.1) is 0 Å². The lowest BCUT2D eigenvalue weighted by atomic mass is 10.0. The second-order valence-corrected chi connectivity index (χ2v) is 5.54. The van der Waals surface area contributed by atoms with E-state index in [1.807, 2.05) is 0 Å². The van der Waals surface area contributed by atoms with Gasteiger partial charge in [0.15, 0.2) is 0 Å². The zero-order valence-corrected chi connectivity index (χ0v) is 12.6. The van der Waals surface area contributed by atoms with Gasteiger partial charge >= 0.3 is 0 Å². The lowest BCUT2D eigenvalue weighted by molar-refractivity contribution is -0.123. The minimum atomic E-state index is -0.792. The highest BCUT2D eigenvalue weighted by Crippen LogP contribution is 2.25. The first-order chi connectivity index (χ1) is 11.5. The van der Waals surface area contributed by atoms with Gasteiger partial charge in [-0.1, -0.05) is 11.2 Å². The molecule has 0 aliphatic carbocycles. The Morgan fingerprint density at radius 3 is 2.83 bits per heavy atom. The second-order valence-electron chi connectivity index (χ2n) is 5.54. The molecule has 1 aromatic carbocycles. The van der Waals surface area contributed by atoms with Gasteiger partial charge in [0.2, 0.25) is 11.7 Å². The van der Waals surface area contributed by atoms with Crippen LogP contribution >= 0.6 is 0 Å². The first-order valence-corrected chi connectivity index (χ1v) is 7.53. The Balaban J connectivity index is 1.67. The maximum absolute atomic E-state index is 13.7. The minimum Gasteiger partial charge on any atom is -0.352 e. The highest BCUT2D eigenvalue weighted by atomic mass is 19.1. The summed E-state index contributed by atoms with van der Waals surface area (Å²) in [5, 5.41) is 8.93. The van der Waals surface area contributed by atoms with E-state index in [-0.39, 0.29) is 35.5 Å². The molecule has 24 heavy (non-hydrogen) atoms. The molecule has 2 heterocycles. The summed E-state index contributed by atoms with van der Waals surface area (Å²) in [6.45, 7) is 0.245. The Labute approximate surface area is 136 Å². The number of halogens is 2. The number of carbonyl (C=O) groups excluding carboxylic acids is 2. The summed E-state index contributed by atoms with van der Waals surface area (Å²) in [5.41, 5.74) is -0.443. The molecular formula is C16H15F2N3O3. The highest BCUT2D eigenvalue weighted by Gasteiger charge is 2.21. The van der Waals surface area contributed by atoms with Crippen LogP contribution in [0, 0.1) is 11.6 Å². The number of nitrogens with zero attached hydrogens (tertiary/aromatic N) is 1. The van der Waals surface area contributed by atoms with Gasteiger partial charge in [0.25, 0.3) is 5.91 Å². The zero-order chi connectivity index (χ0) is 17.1. The molecular weight excluding hydrogens is 320 g/mol. The van der Waals surface area contributed by atoms with Gasteiger partial charge in [-0.25, -0.2) is 8.78 Å². The lowest BCUT2D eigenvalue weighted by Crippen LogP contribution is -2.46. The van der Waals surface area contributed by atoms with Crippen LogP contribution in [0.3, 0.4) is 0 Å². The Kier molecular flexibility index (Phi) is 4.54. The number of aromatic nitrogens is 1. The molecule has 1 saturated heterocycles. The SMILES string of the molecule is O=C1CCC[C@H](CNC(=O)c2cc(-c3c(F)cccc3F)no2)N1. The fourth-order valence-corrected chi connectivity index (χ4v) is 2.58. The van der Waals surface area contributed by atoms with E-state index in [1.54, 1.807) is 0 Å². The summed E-state index contributed by atoms with van der Waals surface area (Å²) in [6, 6.07) is 4.47. The van der Waals surface area contributed by atoms with Gasteiger partial charge in [-0.2, -0.15) is 0 Å². The van der Waals surface area contributed by atoms with Crippen molar-refractivity contribution in [2.24, 2.45) is 0 Å². The topological polar surface area (TPSA) is 84.2 Å². The summed E-state index contributed by atoms with van der Waals surface area (Å²) in [7, 11) is 0. The Morgan fingerprint density at radius 2 is 2.12 bits per heavy atom. The molecule has 2 amide bonds. The number of carbonyl (C=O) groups is 2. The van der Waals surface area contributed by atoms with Gasteiger partial charge in [0.05, 0.1) is 5.56 Å². The second kappa shape index (κ2) is 6.77. The van der Waals surface area contributed by atoms with Crippen molar-refractivity contribution in [1.82, 2.24) is 15.8 Å². The molecule has 0 radical (unpaired) electrons. The monoisotopic (exact) mass is 335 g/mol. The molecule has 6 nitrogen and oxygen atoms in total. The molecule has 8 heteroatoms. The van der Waals surface area contributed by atoms with E-state index in [1.165, 1.54) is 12.1 Å². The zero-order valence-electron chi connectivity index (χ0n) is 12.6. The van der Waals surface area contributed by atoms with Crippen LogP contribution in [-0.2, 0) is 4.79 Å². The van der Waals surface area contributed by atoms with Crippen molar-refractivity contribution in [2.45, 2.75) is 25.3 Å². The fraction of sp³-hybridized carbons (Fsp3) is 0.312. The summed E-state index contributed by atoms with van der Waals surface area (Å²) >= 11 is 0. The number of piperidine rings is 1. The van der Waals surface area contributed by atoms with Crippen molar-refractivity contribution in [3.8, 4) is 11.3 Å². The molecule has 1 fully saturated rings. The number of hydrogen-bond donors (Lipinski definition) is 2. The quantitative estimate of drug-likeness (QED) is 0.895. The largest absolute Gasteiger partial charge is 0.352 e. The third kappa shape index (κ3) is 3.42. The third-order valence-corrected chi connectivity index (χ3v) is 3.78. The number of amides is 2. The summed E-state index contributed by atoms with van der Waals surface area (Å²) < 4.78 is 32.3.